The Morgan fingerprint density at radius 3 is 2.26 bits per heavy atom. The minimum absolute atomic E-state index is 0.0949. The van der Waals surface area contributed by atoms with Crippen molar-refractivity contribution < 1.29 is 13.2 Å². The highest BCUT2D eigenvalue weighted by molar-refractivity contribution is 7.92. The van der Waals surface area contributed by atoms with E-state index in [0.29, 0.717) is 11.6 Å². The highest BCUT2D eigenvalue weighted by Gasteiger charge is 2.72. The zero-order valence-electron chi connectivity index (χ0n) is 15.4. The summed E-state index contributed by atoms with van der Waals surface area (Å²) in [6, 6.07) is 16.2. The van der Waals surface area contributed by atoms with Gasteiger partial charge in [-0.05, 0) is 48.7 Å². The van der Waals surface area contributed by atoms with E-state index in [2.05, 4.69) is 13.0 Å². The van der Waals surface area contributed by atoms with E-state index in [9.17, 15) is 13.7 Å². The number of sulfone groups is 1. The van der Waals surface area contributed by atoms with E-state index < -0.39 is 26.4 Å². The molecule has 3 atom stereocenters. The third-order valence-corrected chi connectivity index (χ3v) is 7.78. The summed E-state index contributed by atoms with van der Waals surface area (Å²) in [5.41, 5.74) is 0.947. The first kappa shape index (κ1) is 19.9. The normalized spacial score (nSPS) is 24.4. The lowest BCUT2D eigenvalue weighted by molar-refractivity contribution is 0.117. The van der Waals surface area contributed by atoms with E-state index in [0.717, 1.165) is 12.0 Å². The molecule has 1 saturated carbocycles. The second-order valence-electron chi connectivity index (χ2n) is 6.78. The van der Waals surface area contributed by atoms with Gasteiger partial charge in [-0.25, -0.2) is 8.42 Å². The van der Waals surface area contributed by atoms with Gasteiger partial charge in [-0.3, -0.25) is 0 Å². The van der Waals surface area contributed by atoms with Gasteiger partial charge in [0.15, 0.2) is 9.84 Å². The van der Waals surface area contributed by atoms with Crippen LogP contribution in [-0.4, -0.2) is 26.9 Å². The Labute approximate surface area is 165 Å². The van der Waals surface area contributed by atoms with E-state index in [1.54, 1.807) is 12.1 Å². The van der Waals surface area contributed by atoms with Gasteiger partial charge in [0.1, 0.15) is 5.41 Å². The smallest absolute Gasteiger partial charge is 0.183 e. The number of rotatable bonds is 7. The molecule has 0 unspecified atom stereocenters. The van der Waals surface area contributed by atoms with Crippen LogP contribution in [-0.2, 0) is 21.0 Å². The van der Waals surface area contributed by atoms with Crippen molar-refractivity contribution in [2.45, 2.75) is 36.3 Å². The highest BCUT2D eigenvalue weighted by atomic mass is 35.5. The number of halogens is 1. The lowest BCUT2D eigenvalue weighted by atomic mass is 10.00. The molecular weight excluding hydrogens is 382 g/mol. The maximum absolute atomic E-state index is 13.3. The molecule has 0 bridgehead atoms. The first-order chi connectivity index (χ1) is 12.9. The fraction of sp³-hybridized carbons (Fsp3) is 0.381. The molecule has 0 radical (unpaired) electrons. The van der Waals surface area contributed by atoms with Crippen molar-refractivity contribution in [3.8, 4) is 6.07 Å². The Morgan fingerprint density at radius 2 is 1.74 bits per heavy atom. The highest BCUT2D eigenvalue weighted by Crippen LogP contribution is 2.63. The molecule has 1 aliphatic rings. The van der Waals surface area contributed by atoms with Crippen LogP contribution in [0.15, 0.2) is 53.4 Å². The molecule has 27 heavy (non-hydrogen) atoms. The van der Waals surface area contributed by atoms with Crippen molar-refractivity contribution in [3.63, 3.8) is 0 Å². The molecule has 1 fully saturated rings. The van der Waals surface area contributed by atoms with E-state index in [4.69, 9.17) is 16.3 Å². The van der Waals surface area contributed by atoms with Crippen LogP contribution in [0.2, 0.25) is 5.02 Å². The molecule has 0 N–H and O–H groups in total. The molecule has 2 aromatic rings. The minimum atomic E-state index is -3.71. The summed E-state index contributed by atoms with van der Waals surface area (Å²) < 4.78 is 32.1. The van der Waals surface area contributed by atoms with Crippen molar-refractivity contribution in [2.24, 2.45) is 5.41 Å². The molecule has 0 amide bonds. The quantitative estimate of drug-likeness (QED) is 0.687. The number of aryl methyl sites for hydroxylation is 1. The average Bonchev–Trinajstić information content (AvgIpc) is 3.37. The van der Waals surface area contributed by atoms with Crippen LogP contribution in [0.4, 0.5) is 0 Å². The van der Waals surface area contributed by atoms with Crippen LogP contribution in [0.5, 0.6) is 0 Å². The van der Waals surface area contributed by atoms with Gasteiger partial charge in [0.2, 0.25) is 0 Å². The topological polar surface area (TPSA) is 67.2 Å². The number of nitrogens with zero attached hydrogens (tertiary/aromatic N) is 1. The Kier molecular flexibility index (Phi) is 5.62. The van der Waals surface area contributed by atoms with Gasteiger partial charge in [0.05, 0.1) is 22.8 Å². The van der Waals surface area contributed by atoms with Gasteiger partial charge in [0.25, 0.3) is 0 Å². The number of hydrogen-bond acceptors (Lipinski definition) is 4. The van der Waals surface area contributed by atoms with Crippen LogP contribution in [0.3, 0.4) is 0 Å². The lowest BCUT2D eigenvalue weighted by Crippen LogP contribution is -2.19. The zero-order chi connectivity index (χ0) is 19.7. The van der Waals surface area contributed by atoms with Crippen molar-refractivity contribution in [3.05, 3.63) is 64.7 Å². The average molecular weight is 404 g/mol. The molecule has 3 rings (SSSR count). The van der Waals surface area contributed by atoms with Crippen LogP contribution in [0.1, 0.15) is 30.9 Å². The molecule has 2 aromatic carbocycles. The standard InChI is InChI=1S/C21H22ClNO3S/c1-3-15-5-7-16(8-6-15)19-20(21(19,13-23)14-26-4-2)27(24,25)18-11-9-17(22)10-12-18/h5-12,19-20H,3-4,14H2,1-2H3/t19-,20-,21+/m0/s1. The predicted octanol–water partition coefficient (Wildman–Crippen LogP) is 4.39. The van der Waals surface area contributed by atoms with Crippen molar-refractivity contribution in [1.29, 1.82) is 5.26 Å². The Bertz CT molecular complexity index is 948. The second-order valence-corrected chi connectivity index (χ2v) is 9.29. The number of ether oxygens (including phenoxy) is 1. The summed E-state index contributed by atoms with van der Waals surface area (Å²) in [4.78, 5) is 0.181. The van der Waals surface area contributed by atoms with Gasteiger partial charge >= 0.3 is 0 Å². The minimum Gasteiger partial charge on any atom is -0.380 e. The third-order valence-electron chi connectivity index (χ3n) is 5.23. The van der Waals surface area contributed by atoms with Crippen molar-refractivity contribution in [1.82, 2.24) is 0 Å². The summed E-state index contributed by atoms with van der Waals surface area (Å²) >= 11 is 5.89. The van der Waals surface area contributed by atoms with Crippen LogP contribution in [0.25, 0.3) is 0 Å². The predicted molar refractivity (Wildman–Crippen MR) is 106 cm³/mol. The molecule has 4 nitrogen and oxygen atoms in total. The summed E-state index contributed by atoms with van der Waals surface area (Å²) in [5.74, 6) is -0.416. The first-order valence-electron chi connectivity index (χ1n) is 8.98. The Morgan fingerprint density at radius 1 is 1.11 bits per heavy atom. The fourth-order valence-corrected chi connectivity index (χ4v) is 6.11. The molecule has 142 valence electrons. The second kappa shape index (κ2) is 7.63. The molecule has 6 heteroatoms. The summed E-state index contributed by atoms with van der Waals surface area (Å²) in [7, 11) is -3.71. The molecule has 1 aliphatic carbocycles. The Hall–Kier alpha value is -1.87. The van der Waals surface area contributed by atoms with Gasteiger partial charge in [0, 0.05) is 17.5 Å². The van der Waals surface area contributed by atoms with E-state index in [1.165, 1.54) is 17.7 Å². The van der Waals surface area contributed by atoms with Crippen LogP contribution < -0.4 is 0 Å². The van der Waals surface area contributed by atoms with Gasteiger partial charge in [-0.1, -0.05) is 42.8 Å². The number of nitriles is 1. The molecule has 0 aromatic heterocycles. The van der Waals surface area contributed by atoms with Crippen molar-refractivity contribution >= 4 is 21.4 Å². The third kappa shape index (κ3) is 3.50. The van der Waals surface area contributed by atoms with Crippen molar-refractivity contribution in [2.75, 3.05) is 13.2 Å². The molecule has 0 heterocycles. The summed E-state index contributed by atoms with van der Waals surface area (Å²) in [5, 5.41) is 9.56. The molecule has 0 aliphatic heterocycles. The molecular formula is C21H22ClNO3S. The first-order valence-corrected chi connectivity index (χ1v) is 10.9. The summed E-state index contributed by atoms with van der Waals surface area (Å²) in [6.45, 7) is 4.42. The van der Waals surface area contributed by atoms with Crippen LogP contribution in [0, 0.1) is 16.7 Å². The Balaban J connectivity index is 2.04. The number of hydrogen-bond donors (Lipinski definition) is 0. The fourth-order valence-electron chi connectivity index (χ4n) is 3.67. The van der Waals surface area contributed by atoms with Gasteiger partial charge in [-0.15, -0.1) is 0 Å². The van der Waals surface area contributed by atoms with Gasteiger partial charge < -0.3 is 4.74 Å². The largest absolute Gasteiger partial charge is 0.380 e. The monoisotopic (exact) mass is 403 g/mol. The summed E-state index contributed by atoms with van der Waals surface area (Å²) in [6.07, 6.45) is 0.903. The zero-order valence-corrected chi connectivity index (χ0v) is 16.9. The van der Waals surface area contributed by atoms with E-state index in [-0.39, 0.29) is 11.5 Å². The van der Waals surface area contributed by atoms with Gasteiger partial charge in [-0.2, -0.15) is 5.26 Å². The maximum Gasteiger partial charge on any atom is 0.183 e. The SMILES string of the molecule is CCOC[C@]1(C#N)[C@@H](c2ccc(CC)cc2)[C@@H]1S(=O)(=O)c1ccc(Cl)cc1. The molecule has 0 saturated heterocycles. The van der Waals surface area contributed by atoms with Crippen LogP contribution >= 0.6 is 11.6 Å². The molecule has 0 spiro atoms. The van der Waals surface area contributed by atoms with E-state index >= 15 is 0 Å². The lowest BCUT2D eigenvalue weighted by Gasteiger charge is -2.10. The maximum atomic E-state index is 13.3. The number of benzene rings is 2. The van der Waals surface area contributed by atoms with E-state index in [1.807, 2.05) is 31.2 Å².